The topological polar surface area (TPSA) is 51.9 Å². The molecule has 1 aromatic heterocycles. The zero-order chi connectivity index (χ0) is 18.0. The molecule has 0 N–H and O–H groups in total. The number of carbonyl (C=O) groups excluding carboxylic acids is 1. The van der Waals surface area contributed by atoms with Gasteiger partial charge in [0.1, 0.15) is 11.8 Å². The fourth-order valence-corrected chi connectivity index (χ4v) is 3.74. The van der Waals surface area contributed by atoms with Crippen LogP contribution in [-0.2, 0) is 9.16 Å². The van der Waals surface area contributed by atoms with E-state index in [1.165, 1.54) is 0 Å². The number of furan rings is 1. The van der Waals surface area contributed by atoms with Crippen molar-refractivity contribution >= 4 is 14.4 Å². The summed E-state index contributed by atoms with van der Waals surface area (Å²) >= 11 is 0. The van der Waals surface area contributed by atoms with Gasteiger partial charge in [0, 0.05) is 6.54 Å². The highest BCUT2D eigenvalue weighted by Crippen LogP contribution is 2.41. The lowest BCUT2D eigenvalue weighted by Gasteiger charge is -2.43. The Kier molecular flexibility index (Phi) is 5.60. The smallest absolute Gasteiger partial charge is 0.410 e. The third-order valence-electron chi connectivity index (χ3n) is 4.85. The standard InChI is InChI=1S/C18H29NO4Si/c1-7-21-17(20)19-12-8-10-15(16(19)14-11-9-13-22-14)23-24(5,6)18(2,3)4/h8-11,13,15-16H,7,12H2,1-6H3/t15-,16-/m1/s1. The Bertz CT molecular complexity index is 574. The molecule has 0 bridgehead atoms. The Balaban J connectivity index is 2.33. The first-order valence-electron chi connectivity index (χ1n) is 8.48. The predicted molar refractivity (Wildman–Crippen MR) is 96.4 cm³/mol. The van der Waals surface area contributed by atoms with E-state index in [0.717, 1.165) is 5.76 Å². The molecule has 0 aromatic carbocycles. The van der Waals surface area contributed by atoms with Gasteiger partial charge in [-0.3, -0.25) is 4.90 Å². The molecule has 2 rings (SSSR count). The van der Waals surface area contributed by atoms with Crippen LogP contribution in [-0.4, -0.2) is 38.6 Å². The van der Waals surface area contributed by atoms with Crippen LogP contribution in [0, 0.1) is 0 Å². The molecule has 0 spiro atoms. The summed E-state index contributed by atoms with van der Waals surface area (Å²) in [5, 5.41) is 0.0841. The van der Waals surface area contributed by atoms with Gasteiger partial charge in [-0.25, -0.2) is 4.79 Å². The Morgan fingerprint density at radius 3 is 2.67 bits per heavy atom. The van der Waals surface area contributed by atoms with Crippen LogP contribution >= 0.6 is 0 Å². The van der Waals surface area contributed by atoms with Crippen molar-refractivity contribution in [1.82, 2.24) is 4.90 Å². The lowest BCUT2D eigenvalue weighted by atomic mass is 10.0. The van der Waals surface area contributed by atoms with E-state index in [1.807, 2.05) is 31.2 Å². The minimum atomic E-state index is -2.00. The largest absolute Gasteiger partial charge is 0.467 e. The van der Waals surface area contributed by atoms with Crippen molar-refractivity contribution in [1.29, 1.82) is 0 Å². The van der Waals surface area contributed by atoms with E-state index in [9.17, 15) is 4.79 Å². The van der Waals surface area contributed by atoms with Crippen LogP contribution in [0.4, 0.5) is 4.79 Å². The first-order chi connectivity index (χ1) is 11.2. The van der Waals surface area contributed by atoms with E-state index in [2.05, 4.69) is 33.9 Å². The van der Waals surface area contributed by atoms with Crippen molar-refractivity contribution < 1.29 is 18.4 Å². The predicted octanol–water partition coefficient (Wildman–Crippen LogP) is 4.74. The van der Waals surface area contributed by atoms with Gasteiger partial charge in [-0.1, -0.05) is 32.9 Å². The van der Waals surface area contributed by atoms with E-state index in [4.69, 9.17) is 13.6 Å². The second-order valence-electron chi connectivity index (χ2n) is 7.58. The Morgan fingerprint density at radius 1 is 1.42 bits per heavy atom. The number of amides is 1. The molecule has 1 amide bonds. The Labute approximate surface area is 145 Å². The Hall–Kier alpha value is -1.53. The zero-order valence-corrected chi connectivity index (χ0v) is 16.5. The monoisotopic (exact) mass is 351 g/mol. The summed E-state index contributed by atoms with van der Waals surface area (Å²) in [6.07, 6.45) is 5.06. The SMILES string of the molecule is CCOC(=O)N1CC=C[C@@H](O[Si](C)(C)C(C)(C)C)[C@H]1c1ccco1. The average molecular weight is 352 g/mol. The van der Waals surface area contributed by atoms with E-state index in [-0.39, 0.29) is 23.3 Å². The van der Waals surface area contributed by atoms with Crippen LogP contribution < -0.4 is 0 Å². The van der Waals surface area contributed by atoms with Gasteiger partial charge in [-0.15, -0.1) is 0 Å². The summed E-state index contributed by atoms with van der Waals surface area (Å²) in [6.45, 7) is 13.7. The van der Waals surface area contributed by atoms with Crippen LogP contribution in [0.15, 0.2) is 35.0 Å². The highest BCUT2D eigenvalue weighted by Gasteiger charge is 2.44. The van der Waals surface area contributed by atoms with Gasteiger partial charge in [0.2, 0.25) is 0 Å². The van der Waals surface area contributed by atoms with Crippen LogP contribution in [0.5, 0.6) is 0 Å². The molecular formula is C18H29NO4Si. The summed E-state index contributed by atoms with van der Waals surface area (Å²) < 4.78 is 17.4. The number of hydrogen-bond donors (Lipinski definition) is 0. The van der Waals surface area contributed by atoms with Crippen LogP contribution in [0.2, 0.25) is 18.1 Å². The van der Waals surface area contributed by atoms with Crippen molar-refractivity contribution in [3.05, 3.63) is 36.3 Å². The minimum absolute atomic E-state index is 0.0841. The van der Waals surface area contributed by atoms with E-state index in [0.29, 0.717) is 13.2 Å². The van der Waals surface area contributed by atoms with Gasteiger partial charge < -0.3 is 13.6 Å². The van der Waals surface area contributed by atoms with Gasteiger partial charge in [0.05, 0.1) is 19.0 Å². The van der Waals surface area contributed by atoms with E-state index < -0.39 is 8.32 Å². The maximum Gasteiger partial charge on any atom is 0.410 e. The molecule has 1 aromatic rings. The molecule has 134 valence electrons. The normalized spacial score (nSPS) is 21.8. The first-order valence-corrected chi connectivity index (χ1v) is 11.4. The lowest BCUT2D eigenvalue weighted by Crippen LogP contribution is -2.50. The van der Waals surface area contributed by atoms with Gasteiger partial charge in [0.15, 0.2) is 8.32 Å². The molecule has 0 saturated heterocycles. The lowest BCUT2D eigenvalue weighted by molar-refractivity contribution is 0.0470. The summed E-state index contributed by atoms with van der Waals surface area (Å²) in [5.74, 6) is 0.719. The second kappa shape index (κ2) is 7.15. The molecule has 2 atom stereocenters. The Morgan fingerprint density at radius 2 is 2.12 bits per heavy atom. The van der Waals surface area contributed by atoms with Crippen molar-refractivity contribution in [2.45, 2.75) is 58.0 Å². The second-order valence-corrected chi connectivity index (χ2v) is 12.3. The fraction of sp³-hybridized carbons (Fsp3) is 0.611. The first kappa shape index (κ1) is 18.8. The molecule has 0 fully saturated rings. The molecule has 5 nitrogen and oxygen atoms in total. The van der Waals surface area contributed by atoms with E-state index in [1.54, 1.807) is 11.2 Å². The molecule has 1 aliphatic rings. The van der Waals surface area contributed by atoms with Gasteiger partial charge in [-0.05, 0) is 37.2 Å². The maximum absolute atomic E-state index is 12.4. The molecule has 6 heteroatoms. The number of ether oxygens (including phenoxy) is 1. The van der Waals surface area contributed by atoms with Crippen molar-refractivity contribution in [2.75, 3.05) is 13.2 Å². The molecule has 0 radical (unpaired) electrons. The summed E-state index contributed by atoms with van der Waals surface area (Å²) in [6, 6.07) is 3.41. The average Bonchev–Trinajstić information content (AvgIpc) is 2.99. The van der Waals surface area contributed by atoms with Crippen LogP contribution in [0.1, 0.15) is 39.5 Å². The third kappa shape index (κ3) is 3.92. The molecule has 2 heterocycles. The number of rotatable bonds is 4. The number of hydrogen-bond acceptors (Lipinski definition) is 4. The minimum Gasteiger partial charge on any atom is -0.467 e. The third-order valence-corrected chi connectivity index (χ3v) is 9.32. The number of carbonyl (C=O) groups is 1. The molecule has 1 aliphatic heterocycles. The highest BCUT2D eigenvalue weighted by atomic mass is 28.4. The van der Waals surface area contributed by atoms with Crippen molar-refractivity contribution in [3.63, 3.8) is 0 Å². The van der Waals surface area contributed by atoms with Crippen LogP contribution in [0.3, 0.4) is 0 Å². The number of nitrogens with zero attached hydrogens (tertiary/aromatic N) is 1. The zero-order valence-electron chi connectivity index (χ0n) is 15.5. The quantitative estimate of drug-likeness (QED) is 0.581. The molecule has 0 unspecified atom stereocenters. The summed E-state index contributed by atoms with van der Waals surface area (Å²) in [7, 11) is -2.00. The van der Waals surface area contributed by atoms with Crippen LogP contribution in [0.25, 0.3) is 0 Å². The molecule has 24 heavy (non-hydrogen) atoms. The summed E-state index contributed by atoms with van der Waals surface area (Å²) in [5.41, 5.74) is 0. The van der Waals surface area contributed by atoms with Gasteiger partial charge in [0.25, 0.3) is 0 Å². The fourth-order valence-electron chi connectivity index (χ4n) is 2.49. The maximum atomic E-state index is 12.4. The highest BCUT2D eigenvalue weighted by molar-refractivity contribution is 6.74. The molecular weight excluding hydrogens is 322 g/mol. The van der Waals surface area contributed by atoms with E-state index >= 15 is 0 Å². The molecule has 0 saturated carbocycles. The summed E-state index contributed by atoms with van der Waals surface area (Å²) in [4.78, 5) is 14.1. The van der Waals surface area contributed by atoms with Crippen molar-refractivity contribution in [3.8, 4) is 0 Å². The van der Waals surface area contributed by atoms with Gasteiger partial charge >= 0.3 is 6.09 Å². The van der Waals surface area contributed by atoms with Crippen molar-refractivity contribution in [2.24, 2.45) is 0 Å². The van der Waals surface area contributed by atoms with Gasteiger partial charge in [-0.2, -0.15) is 0 Å². The molecule has 0 aliphatic carbocycles.